The fraction of sp³-hybridized carbons (Fsp3) is 0.818. The first-order chi connectivity index (χ1) is 7.41. The second-order valence-electron chi connectivity index (χ2n) is 4.72. The van der Waals surface area contributed by atoms with Gasteiger partial charge in [0, 0.05) is 20.1 Å². The lowest BCUT2D eigenvalue weighted by molar-refractivity contribution is -0.137. The van der Waals surface area contributed by atoms with Gasteiger partial charge in [-0.15, -0.1) is 0 Å². The molecule has 0 aromatic heterocycles. The number of carbonyl (C=O) groups is 2. The number of carbonyl (C=O) groups excluding carboxylic acids is 1. The van der Waals surface area contributed by atoms with Crippen LogP contribution in [0.1, 0.15) is 20.3 Å². The Morgan fingerprint density at radius 1 is 1.38 bits per heavy atom. The molecule has 0 saturated carbocycles. The molecule has 1 saturated heterocycles. The number of urea groups is 1. The van der Waals surface area contributed by atoms with Gasteiger partial charge in [-0.25, -0.2) is 4.79 Å². The van der Waals surface area contributed by atoms with Crippen LogP contribution in [0.2, 0.25) is 0 Å². The van der Waals surface area contributed by atoms with E-state index >= 15 is 0 Å². The summed E-state index contributed by atoms with van der Waals surface area (Å²) in [6.45, 7) is 5.53. The van der Waals surface area contributed by atoms with Gasteiger partial charge in [-0.1, -0.05) is 13.8 Å². The van der Waals surface area contributed by atoms with E-state index in [1.165, 1.54) is 11.9 Å². The van der Waals surface area contributed by atoms with Crippen LogP contribution in [0.15, 0.2) is 0 Å². The monoisotopic (exact) mass is 228 g/mol. The van der Waals surface area contributed by atoms with Gasteiger partial charge < -0.3 is 14.9 Å². The maximum Gasteiger partial charge on any atom is 0.323 e. The van der Waals surface area contributed by atoms with E-state index in [1.54, 1.807) is 4.90 Å². The highest BCUT2D eigenvalue weighted by Gasteiger charge is 2.27. The average Bonchev–Trinajstić information content (AvgIpc) is 2.20. The molecule has 2 atom stereocenters. The third-order valence-corrected chi connectivity index (χ3v) is 3.30. The third-order valence-electron chi connectivity index (χ3n) is 3.30. The van der Waals surface area contributed by atoms with E-state index in [4.69, 9.17) is 5.11 Å². The molecule has 1 aliphatic heterocycles. The SMILES string of the molecule is CC1CCN(C(=O)N(C)CC(=O)O)CC1C. The minimum atomic E-state index is -0.978. The number of likely N-dealkylation sites (tertiary alicyclic amines) is 1. The van der Waals surface area contributed by atoms with E-state index in [9.17, 15) is 9.59 Å². The summed E-state index contributed by atoms with van der Waals surface area (Å²) in [7, 11) is 1.53. The van der Waals surface area contributed by atoms with Crippen LogP contribution in [0.25, 0.3) is 0 Å². The number of hydrogen-bond acceptors (Lipinski definition) is 2. The van der Waals surface area contributed by atoms with E-state index in [0.29, 0.717) is 11.8 Å². The number of nitrogens with zero attached hydrogens (tertiary/aromatic N) is 2. The lowest BCUT2D eigenvalue weighted by Gasteiger charge is -2.37. The zero-order chi connectivity index (χ0) is 12.3. The van der Waals surface area contributed by atoms with Gasteiger partial charge in [-0.2, -0.15) is 0 Å². The van der Waals surface area contributed by atoms with E-state index in [0.717, 1.165) is 19.5 Å². The van der Waals surface area contributed by atoms with Crippen molar-refractivity contribution in [1.29, 1.82) is 0 Å². The van der Waals surface area contributed by atoms with Gasteiger partial charge >= 0.3 is 12.0 Å². The Bertz CT molecular complexity index is 280. The molecule has 1 aliphatic rings. The normalized spacial score (nSPS) is 25.3. The first kappa shape index (κ1) is 12.8. The second-order valence-corrected chi connectivity index (χ2v) is 4.72. The predicted octanol–water partition coefficient (Wildman–Crippen LogP) is 1.10. The van der Waals surface area contributed by atoms with Crippen LogP contribution >= 0.6 is 0 Å². The van der Waals surface area contributed by atoms with Crippen LogP contribution in [0.3, 0.4) is 0 Å². The molecule has 1 heterocycles. The first-order valence-electron chi connectivity index (χ1n) is 5.63. The smallest absolute Gasteiger partial charge is 0.323 e. The number of carboxylic acids is 1. The molecule has 2 amide bonds. The van der Waals surface area contributed by atoms with E-state index < -0.39 is 5.97 Å². The molecular weight excluding hydrogens is 208 g/mol. The molecule has 0 spiro atoms. The van der Waals surface area contributed by atoms with Gasteiger partial charge in [-0.3, -0.25) is 4.79 Å². The Hall–Kier alpha value is -1.26. The maximum atomic E-state index is 11.9. The molecule has 5 nitrogen and oxygen atoms in total. The minimum Gasteiger partial charge on any atom is -0.480 e. The van der Waals surface area contributed by atoms with Crippen molar-refractivity contribution >= 4 is 12.0 Å². The number of likely N-dealkylation sites (N-methyl/N-ethyl adjacent to an activating group) is 1. The van der Waals surface area contributed by atoms with Crippen molar-refractivity contribution < 1.29 is 14.7 Å². The van der Waals surface area contributed by atoms with Gasteiger partial charge in [0.25, 0.3) is 0 Å². The molecule has 1 N–H and O–H groups in total. The summed E-state index contributed by atoms with van der Waals surface area (Å²) in [6.07, 6.45) is 0.994. The molecule has 16 heavy (non-hydrogen) atoms. The van der Waals surface area contributed by atoms with Gasteiger partial charge in [0.1, 0.15) is 6.54 Å². The Balaban J connectivity index is 2.51. The maximum absolute atomic E-state index is 11.9. The molecule has 1 rings (SSSR count). The number of carboxylic acid groups (broad SMARTS) is 1. The van der Waals surface area contributed by atoms with Crippen molar-refractivity contribution in [3.63, 3.8) is 0 Å². The Morgan fingerprint density at radius 3 is 2.50 bits per heavy atom. The van der Waals surface area contributed by atoms with E-state index in [2.05, 4.69) is 13.8 Å². The van der Waals surface area contributed by atoms with Crippen LogP contribution < -0.4 is 0 Å². The molecule has 5 heteroatoms. The second kappa shape index (κ2) is 5.18. The zero-order valence-corrected chi connectivity index (χ0v) is 10.1. The summed E-state index contributed by atoms with van der Waals surface area (Å²) in [4.78, 5) is 25.4. The van der Waals surface area contributed by atoms with Crippen molar-refractivity contribution in [2.24, 2.45) is 11.8 Å². The van der Waals surface area contributed by atoms with E-state index in [-0.39, 0.29) is 12.6 Å². The molecule has 2 unspecified atom stereocenters. The number of amides is 2. The lowest BCUT2D eigenvalue weighted by atomic mass is 9.89. The molecule has 0 bridgehead atoms. The summed E-state index contributed by atoms with van der Waals surface area (Å²) < 4.78 is 0. The van der Waals surface area contributed by atoms with Crippen molar-refractivity contribution in [3.8, 4) is 0 Å². The molecule has 92 valence electrons. The minimum absolute atomic E-state index is 0.179. The summed E-state index contributed by atoms with van der Waals surface area (Å²) in [6, 6.07) is -0.179. The fourth-order valence-electron chi connectivity index (χ4n) is 1.95. The van der Waals surface area contributed by atoms with Crippen LogP contribution in [0.4, 0.5) is 4.79 Å². The highest BCUT2D eigenvalue weighted by Crippen LogP contribution is 2.22. The summed E-state index contributed by atoms with van der Waals surface area (Å²) in [5, 5.41) is 8.61. The Labute approximate surface area is 96.0 Å². The average molecular weight is 228 g/mol. The highest BCUT2D eigenvalue weighted by molar-refractivity contribution is 5.80. The first-order valence-corrected chi connectivity index (χ1v) is 5.63. The molecule has 0 radical (unpaired) electrons. The summed E-state index contributed by atoms with van der Waals surface area (Å²) >= 11 is 0. The summed E-state index contributed by atoms with van der Waals surface area (Å²) in [5.74, 6) is 0.138. The molecule has 0 aromatic rings. The topological polar surface area (TPSA) is 60.9 Å². The van der Waals surface area contributed by atoms with Gasteiger partial charge in [-0.05, 0) is 18.3 Å². The third kappa shape index (κ3) is 3.12. The highest BCUT2D eigenvalue weighted by atomic mass is 16.4. The van der Waals surface area contributed by atoms with Crippen molar-refractivity contribution in [2.45, 2.75) is 20.3 Å². The predicted molar refractivity (Wildman–Crippen MR) is 60.2 cm³/mol. The lowest BCUT2D eigenvalue weighted by Crippen LogP contribution is -2.48. The van der Waals surface area contributed by atoms with Gasteiger partial charge in [0.15, 0.2) is 0 Å². The standard InChI is InChI=1S/C11H20N2O3/c1-8-4-5-13(6-9(8)2)11(16)12(3)7-10(14)15/h8-9H,4-7H2,1-3H3,(H,14,15). The molecular formula is C11H20N2O3. The number of piperidine rings is 1. The van der Waals surface area contributed by atoms with Crippen molar-refractivity contribution in [2.75, 3.05) is 26.7 Å². The van der Waals surface area contributed by atoms with Crippen LogP contribution in [0, 0.1) is 11.8 Å². The van der Waals surface area contributed by atoms with Gasteiger partial charge in [0.05, 0.1) is 0 Å². The largest absolute Gasteiger partial charge is 0.480 e. The molecule has 0 aromatic carbocycles. The Morgan fingerprint density at radius 2 is 2.00 bits per heavy atom. The Kier molecular flexibility index (Phi) is 4.15. The molecule has 1 fully saturated rings. The van der Waals surface area contributed by atoms with Gasteiger partial charge in [0.2, 0.25) is 0 Å². The quantitative estimate of drug-likeness (QED) is 0.770. The zero-order valence-electron chi connectivity index (χ0n) is 10.1. The molecule has 0 aliphatic carbocycles. The van der Waals surface area contributed by atoms with Crippen LogP contribution in [-0.4, -0.2) is 53.6 Å². The summed E-state index contributed by atoms with van der Waals surface area (Å²) in [5.41, 5.74) is 0. The number of aliphatic carboxylic acids is 1. The number of rotatable bonds is 2. The van der Waals surface area contributed by atoms with Crippen LogP contribution in [-0.2, 0) is 4.79 Å². The van der Waals surface area contributed by atoms with E-state index in [1.807, 2.05) is 0 Å². The van der Waals surface area contributed by atoms with Crippen molar-refractivity contribution in [3.05, 3.63) is 0 Å². The van der Waals surface area contributed by atoms with Crippen LogP contribution in [0.5, 0.6) is 0 Å². The van der Waals surface area contributed by atoms with Crippen molar-refractivity contribution in [1.82, 2.24) is 9.80 Å². The number of hydrogen-bond donors (Lipinski definition) is 1. The fourth-order valence-corrected chi connectivity index (χ4v) is 1.95.